The molecule has 0 heterocycles. The Morgan fingerprint density at radius 2 is 1.71 bits per heavy atom. The lowest BCUT2D eigenvalue weighted by atomic mass is 10.2. The van der Waals surface area contributed by atoms with Gasteiger partial charge >= 0.3 is 11.8 Å². The molecule has 1 saturated carbocycles. The Kier molecular flexibility index (Phi) is 4.57. The van der Waals surface area contributed by atoms with E-state index in [1.54, 1.807) is 12.1 Å². The summed E-state index contributed by atoms with van der Waals surface area (Å²) >= 11 is 0. The van der Waals surface area contributed by atoms with Crippen molar-refractivity contribution >= 4 is 29.1 Å². The van der Waals surface area contributed by atoms with Crippen molar-refractivity contribution in [2.75, 3.05) is 10.6 Å². The average Bonchev–Trinajstić information content (AvgIpc) is 2.93. The van der Waals surface area contributed by atoms with Crippen molar-refractivity contribution in [2.24, 2.45) is 0 Å². The summed E-state index contributed by atoms with van der Waals surface area (Å²) in [7, 11) is 0. The summed E-state index contributed by atoms with van der Waals surface area (Å²) < 4.78 is 0. The Balaban J connectivity index is 2.13. The molecule has 0 bridgehead atoms. The molecule has 2 rings (SSSR count). The van der Waals surface area contributed by atoms with E-state index < -0.39 is 17.7 Å². The maximum Gasteiger partial charge on any atom is 0.323 e. The summed E-state index contributed by atoms with van der Waals surface area (Å²) in [5.41, 5.74) is 6.44. The van der Waals surface area contributed by atoms with Gasteiger partial charge in [-0.2, -0.15) is 0 Å². The molecule has 3 amide bonds. The van der Waals surface area contributed by atoms with E-state index in [1.807, 2.05) is 0 Å². The minimum atomic E-state index is -0.862. The number of carbonyl (C=O) groups excluding carboxylic acids is 3. The van der Waals surface area contributed by atoms with Gasteiger partial charge in [-0.05, 0) is 37.1 Å². The van der Waals surface area contributed by atoms with E-state index in [0.717, 1.165) is 30.6 Å². The van der Waals surface area contributed by atoms with Crippen molar-refractivity contribution in [3.05, 3.63) is 24.3 Å². The van der Waals surface area contributed by atoms with Crippen molar-refractivity contribution in [2.45, 2.75) is 38.6 Å². The Morgan fingerprint density at radius 1 is 1.14 bits per heavy atom. The number of anilines is 2. The maximum absolute atomic E-state index is 12.2. The first-order valence-corrected chi connectivity index (χ1v) is 7.00. The molecule has 0 saturated heterocycles. The molecular weight excluding hydrogens is 270 g/mol. The van der Waals surface area contributed by atoms with Crippen LogP contribution in [0.25, 0.3) is 0 Å². The number of amides is 3. The monoisotopic (exact) mass is 289 g/mol. The van der Waals surface area contributed by atoms with Gasteiger partial charge in [0.1, 0.15) is 0 Å². The second-order valence-electron chi connectivity index (χ2n) is 5.21. The molecule has 1 fully saturated rings. The molecule has 1 aliphatic carbocycles. The number of imide groups is 1. The van der Waals surface area contributed by atoms with Crippen LogP contribution in [0.15, 0.2) is 24.3 Å². The predicted molar refractivity (Wildman–Crippen MR) is 79.4 cm³/mol. The van der Waals surface area contributed by atoms with Crippen molar-refractivity contribution in [3.63, 3.8) is 0 Å². The number of hydrogen-bond donors (Lipinski definition) is 2. The van der Waals surface area contributed by atoms with Gasteiger partial charge in [0.15, 0.2) is 0 Å². The minimum Gasteiger partial charge on any atom is -0.399 e. The minimum absolute atomic E-state index is 0.0293. The fourth-order valence-electron chi connectivity index (χ4n) is 2.48. The molecule has 0 aliphatic heterocycles. The van der Waals surface area contributed by atoms with Crippen LogP contribution in [0.3, 0.4) is 0 Å². The lowest BCUT2D eigenvalue weighted by Gasteiger charge is -2.20. The summed E-state index contributed by atoms with van der Waals surface area (Å²) in [5.74, 6) is -2.11. The van der Waals surface area contributed by atoms with E-state index in [-0.39, 0.29) is 6.04 Å². The first-order valence-electron chi connectivity index (χ1n) is 7.00. The van der Waals surface area contributed by atoms with E-state index in [2.05, 4.69) is 5.32 Å². The first kappa shape index (κ1) is 15.0. The normalized spacial score (nSPS) is 14.7. The molecule has 0 atom stereocenters. The van der Waals surface area contributed by atoms with Gasteiger partial charge < -0.3 is 11.1 Å². The smallest absolute Gasteiger partial charge is 0.323 e. The SMILES string of the molecule is CC(=O)N(C(=O)C(=O)NC1CCCC1)c1ccc(N)cc1. The van der Waals surface area contributed by atoms with E-state index in [4.69, 9.17) is 5.73 Å². The summed E-state index contributed by atoms with van der Waals surface area (Å²) in [4.78, 5) is 36.8. The molecule has 6 heteroatoms. The van der Waals surface area contributed by atoms with Crippen LogP contribution in [0.4, 0.5) is 11.4 Å². The lowest BCUT2D eigenvalue weighted by Crippen LogP contribution is -2.47. The first-order chi connectivity index (χ1) is 9.99. The molecule has 6 nitrogen and oxygen atoms in total. The number of nitrogens with one attached hydrogen (secondary N) is 1. The lowest BCUT2D eigenvalue weighted by molar-refractivity contribution is -0.139. The largest absolute Gasteiger partial charge is 0.399 e. The zero-order chi connectivity index (χ0) is 15.4. The predicted octanol–water partition coefficient (Wildman–Crippen LogP) is 1.21. The second kappa shape index (κ2) is 6.39. The topological polar surface area (TPSA) is 92.5 Å². The third kappa shape index (κ3) is 3.59. The van der Waals surface area contributed by atoms with Crippen LogP contribution in [-0.4, -0.2) is 23.8 Å². The second-order valence-corrected chi connectivity index (χ2v) is 5.21. The standard InChI is InChI=1S/C15H19N3O3/c1-10(19)18(13-8-6-11(16)7-9-13)15(21)14(20)17-12-4-2-3-5-12/h6-9,12H,2-5,16H2,1H3,(H,17,20). The Bertz CT molecular complexity index is 548. The Hall–Kier alpha value is -2.37. The van der Waals surface area contributed by atoms with Crippen molar-refractivity contribution in [3.8, 4) is 0 Å². The number of benzene rings is 1. The third-order valence-corrected chi connectivity index (χ3v) is 3.55. The molecule has 21 heavy (non-hydrogen) atoms. The highest BCUT2D eigenvalue weighted by Gasteiger charge is 2.29. The zero-order valence-electron chi connectivity index (χ0n) is 12.0. The van der Waals surface area contributed by atoms with Gasteiger partial charge in [0.25, 0.3) is 0 Å². The van der Waals surface area contributed by atoms with Gasteiger partial charge in [0.05, 0.1) is 5.69 Å². The fourth-order valence-corrected chi connectivity index (χ4v) is 2.48. The van der Waals surface area contributed by atoms with Crippen molar-refractivity contribution in [1.29, 1.82) is 0 Å². The van der Waals surface area contributed by atoms with Crippen LogP contribution in [-0.2, 0) is 14.4 Å². The molecule has 1 aromatic rings. The van der Waals surface area contributed by atoms with Gasteiger partial charge in [-0.3, -0.25) is 14.4 Å². The summed E-state index contributed by atoms with van der Waals surface area (Å²) in [6, 6.07) is 6.26. The summed E-state index contributed by atoms with van der Waals surface area (Å²) in [6.45, 7) is 1.25. The number of rotatable bonds is 2. The molecule has 1 aliphatic rings. The van der Waals surface area contributed by atoms with Gasteiger partial charge in [-0.15, -0.1) is 0 Å². The number of nitrogens with zero attached hydrogens (tertiary/aromatic N) is 1. The molecule has 0 radical (unpaired) electrons. The maximum atomic E-state index is 12.2. The zero-order valence-corrected chi connectivity index (χ0v) is 12.0. The van der Waals surface area contributed by atoms with Gasteiger partial charge in [-0.25, -0.2) is 4.90 Å². The van der Waals surface area contributed by atoms with Crippen LogP contribution in [0, 0.1) is 0 Å². The van der Waals surface area contributed by atoms with E-state index in [9.17, 15) is 14.4 Å². The van der Waals surface area contributed by atoms with E-state index >= 15 is 0 Å². The van der Waals surface area contributed by atoms with Crippen molar-refractivity contribution in [1.82, 2.24) is 5.32 Å². The van der Waals surface area contributed by atoms with Gasteiger partial charge in [-0.1, -0.05) is 12.8 Å². The molecule has 0 aromatic heterocycles. The number of nitrogens with two attached hydrogens (primary N) is 1. The summed E-state index contributed by atoms with van der Waals surface area (Å²) in [6.07, 6.45) is 3.85. The molecule has 3 N–H and O–H groups in total. The van der Waals surface area contributed by atoms with Gasteiger partial charge in [0, 0.05) is 18.7 Å². The fraction of sp³-hybridized carbons (Fsp3) is 0.400. The third-order valence-electron chi connectivity index (χ3n) is 3.55. The highest BCUT2D eigenvalue weighted by atomic mass is 16.2. The van der Waals surface area contributed by atoms with Crippen LogP contribution in [0.1, 0.15) is 32.6 Å². The molecule has 0 unspecified atom stereocenters. The van der Waals surface area contributed by atoms with Gasteiger partial charge in [0.2, 0.25) is 5.91 Å². The average molecular weight is 289 g/mol. The van der Waals surface area contributed by atoms with E-state index in [1.165, 1.54) is 19.1 Å². The number of nitrogen functional groups attached to an aromatic ring is 1. The highest BCUT2D eigenvalue weighted by molar-refractivity contribution is 6.45. The number of hydrogen-bond acceptors (Lipinski definition) is 4. The summed E-state index contributed by atoms with van der Waals surface area (Å²) in [5, 5.41) is 2.69. The molecule has 1 aromatic carbocycles. The van der Waals surface area contributed by atoms with Crippen LogP contribution in [0.5, 0.6) is 0 Å². The number of carbonyl (C=O) groups is 3. The molecular formula is C15H19N3O3. The van der Waals surface area contributed by atoms with Crippen molar-refractivity contribution < 1.29 is 14.4 Å². The van der Waals surface area contributed by atoms with E-state index in [0.29, 0.717) is 11.4 Å². The quantitative estimate of drug-likeness (QED) is 0.632. The van der Waals surface area contributed by atoms with Crippen LogP contribution in [0.2, 0.25) is 0 Å². The van der Waals surface area contributed by atoms with Crippen LogP contribution < -0.4 is 16.0 Å². The molecule has 0 spiro atoms. The Labute approximate surface area is 123 Å². The molecule has 112 valence electrons. The Morgan fingerprint density at radius 3 is 2.24 bits per heavy atom. The highest BCUT2D eigenvalue weighted by Crippen LogP contribution is 2.19. The van der Waals surface area contributed by atoms with Crippen LogP contribution >= 0.6 is 0 Å².